The lowest BCUT2D eigenvalue weighted by Crippen LogP contribution is -1.95. The third-order valence-electron chi connectivity index (χ3n) is 1.28. The number of nitro groups is 2. The molecule has 6 nitrogen and oxygen atoms in total. The highest BCUT2D eigenvalue weighted by molar-refractivity contribution is 5.51. The predicted octanol–water partition coefficient (Wildman–Crippen LogP) is 2.14. The monoisotopic (exact) mass is 184 g/mol. The summed E-state index contributed by atoms with van der Waals surface area (Å²) in [5.74, 6) is 0. The number of rotatable bonds is 2. The molecule has 0 radical (unpaired) electrons. The summed E-state index contributed by atoms with van der Waals surface area (Å²) in [6.45, 7) is 0. The number of benzene rings is 1. The van der Waals surface area contributed by atoms with Crippen LogP contribution in [0.1, 0.15) is 7.43 Å². The molecular weight excluding hydrogens is 176 g/mol. The van der Waals surface area contributed by atoms with E-state index >= 15 is 0 Å². The first-order chi connectivity index (χ1) is 5.63. The van der Waals surface area contributed by atoms with Crippen molar-refractivity contribution in [3.63, 3.8) is 0 Å². The van der Waals surface area contributed by atoms with Crippen molar-refractivity contribution in [1.82, 2.24) is 0 Å². The van der Waals surface area contributed by atoms with Gasteiger partial charge in [0.25, 0.3) is 0 Å². The fraction of sp³-hybridized carbons (Fsp3) is 0.143. The molecule has 1 aromatic rings. The number of nitrogens with zero attached hydrogens (tertiary/aromatic N) is 2. The van der Waals surface area contributed by atoms with E-state index < -0.39 is 21.2 Å². The van der Waals surface area contributed by atoms with Crippen molar-refractivity contribution >= 4 is 11.4 Å². The van der Waals surface area contributed by atoms with Crippen molar-refractivity contribution < 1.29 is 9.85 Å². The highest BCUT2D eigenvalue weighted by atomic mass is 16.6. The number of hydrogen-bond acceptors (Lipinski definition) is 4. The zero-order valence-corrected chi connectivity index (χ0v) is 5.84. The quantitative estimate of drug-likeness (QED) is 0.520. The summed E-state index contributed by atoms with van der Waals surface area (Å²) in [6, 6.07) is 4.95. The summed E-state index contributed by atoms with van der Waals surface area (Å²) in [6.07, 6.45) is 0. The van der Waals surface area contributed by atoms with E-state index in [1.54, 1.807) is 0 Å². The molecule has 0 N–H and O–H groups in total. The summed E-state index contributed by atoms with van der Waals surface area (Å²) in [4.78, 5) is 18.9. The molecule has 6 heteroatoms. The molecule has 1 rings (SSSR count). The molecule has 0 atom stereocenters. The summed E-state index contributed by atoms with van der Waals surface area (Å²) in [5.41, 5.74) is -0.968. The van der Waals surface area contributed by atoms with Gasteiger partial charge in [-0.3, -0.25) is 20.2 Å². The van der Waals surface area contributed by atoms with Gasteiger partial charge in [-0.1, -0.05) is 19.6 Å². The van der Waals surface area contributed by atoms with E-state index in [2.05, 4.69) is 0 Å². The Labute approximate surface area is 74.1 Å². The zero-order chi connectivity index (χ0) is 9.14. The summed E-state index contributed by atoms with van der Waals surface area (Å²) in [5, 5.41) is 20.5. The molecule has 1 aromatic carbocycles. The average molecular weight is 184 g/mol. The van der Waals surface area contributed by atoms with E-state index in [-0.39, 0.29) is 7.43 Å². The minimum Gasteiger partial charge on any atom is -0.258 e. The van der Waals surface area contributed by atoms with Crippen LogP contribution in [0.25, 0.3) is 0 Å². The number of para-hydroxylation sites is 2. The molecule has 0 fully saturated rings. The van der Waals surface area contributed by atoms with Crippen LogP contribution in [0.4, 0.5) is 11.4 Å². The molecule has 0 aliphatic rings. The van der Waals surface area contributed by atoms with Gasteiger partial charge >= 0.3 is 11.4 Å². The molecule has 0 spiro atoms. The molecule has 0 aliphatic heterocycles. The van der Waals surface area contributed by atoms with Crippen molar-refractivity contribution in [3.8, 4) is 0 Å². The van der Waals surface area contributed by atoms with Crippen LogP contribution in [-0.2, 0) is 0 Å². The van der Waals surface area contributed by atoms with Gasteiger partial charge in [0.05, 0.1) is 9.85 Å². The molecule has 0 saturated heterocycles. The highest BCUT2D eigenvalue weighted by Gasteiger charge is 2.21. The van der Waals surface area contributed by atoms with E-state index in [0.717, 1.165) is 12.1 Å². The maximum atomic E-state index is 10.2. The van der Waals surface area contributed by atoms with Gasteiger partial charge in [0.15, 0.2) is 0 Å². The molecule has 0 saturated carbocycles. The van der Waals surface area contributed by atoms with Crippen molar-refractivity contribution in [2.24, 2.45) is 0 Å². The molecule has 0 bridgehead atoms. The molecule has 0 heterocycles. The highest BCUT2D eigenvalue weighted by Crippen LogP contribution is 2.24. The van der Waals surface area contributed by atoms with Crippen LogP contribution in [0.2, 0.25) is 0 Å². The van der Waals surface area contributed by atoms with Crippen LogP contribution < -0.4 is 0 Å². The van der Waals surface area contributed by atoms with Crippen molar-refractivity contribution in [3.05, 3.63) is 44.5 Å². The van der Waals surface area contributed by atoms with Crippen LogP contribution >= 0.6 is 0 Å². The van der Waals surface area contributed by atoms with Gasteiger partial charge in [0, 0.05) is 12.1 Å². The zero-order valence-electron chi connectivity index (χ0n) is 5.84. The predicted molar refractivity (Wildman–Crippen MR) is 46.5 cm³/mol. The van der Waals surface area contributed by atoms with E-state index in [0.29, 0.717) is 0 Å². The second-order valence-corrected chi connectivity index (χ2v) is 2.00. The summed E-state index contributed by atoms with van der Waals surface area (Å²) in [7, 11) is 0. The number of hydrogen-bond donors (Lipinski definition) is 0. The van der Waals surface area contributed by atoms with Crippen molar-refractivity contribution in [2.75, 3.05) is 0 Å². The first-order valence-electron chi connectivity index (χ1n) is 3.00. The van der Waals surface area contributed by atoms with Crippen LogP contribution in [-0.4, -0.2) is 9.85 Å². The van der Waals surface area contributed by atoms with Crippen LogP contribution in [0.15, 0.2) is 24.3 Å². The standard InChI is InChI=1S/C6H4N2O4.CH4/c9-7(10)5-3-1-2-4-6(5)8(11)12;/h1-4H;1H4. The smallest absolute Gasteiger partial charge is 0.258 e. The topological polar surface area (TPSA) is 86.3 Å². The number of nitro benzene ring substituents is 2. The molecule has 0 amide bonds. The van der Waals surface area contributed by atoms with Gasteiger partial charge in [-0.05, 0) is 0 Å². The van der Waals surface area contributed by atoms with Crippen molar-refractivity contribution in [1.29, 1.82) is 0 Å². The Balaban J connectivity index is 0.00000144. The van der Waals surface area contributed by atoms with Crippen LogP contribution in [0.5, 0.6) is 0 Å². The van der Waals surface area contributed by atoms with E-state index in [4.69, 9.17) is 0 Å². The van der Waals surface area contributed by atoms with Crippen molar-refractivity contribution in [2.45, 2.75) is 7.43 Å². The Morgan fingerprint density at radius 3 is 1.46 bits per heavy atom. The van der Waals surface area contributed by atoms with Gasteiger partial charge in [-0.25, -0.2) is 0 Å². The first-order valence-corrected chi connectivity index (χ1v) is 3.00. The summed E-state index contributed by atoms with van der Waals surface area (Å²) >= 11 is 0. The first kappa shape index (κ1) is 11.0. The fourth-order valence-corrected chi connectivity index (χ4v) is 0.773. The maximum absolute atomic E-state index is 10.2. The Morgan fingerprint density at radius 1 is 0.923 bits per heavy atom. The second-order valence-electron chi connectivity index (χ2n) is 2.00. The van der Waals surface area contributed by atoms with E-state index in [9.17, 15) is 20.2 Å². The Kier molecular flexibility index (Phi) is 3.52. The molecule has 0 aromatic heterocycles. The van der Waals surface area contributed by atoms with Crippen LogP contribution in [0.3, 0.4) is 0 Å². The third-order valence-corrected chi connectivity index (χ3v) is 1.28. The lowest BCUT2D eigenvalue weighted by Gasteiger charge is -1.91. The Morgan fingerprint density at radius 2 is 1.23 bits per heavy atom. The minimum absolute atomic E-state index is 0. The average Bonchev–Trinajstić information content (AvgIpc) is 2.04. The minimum atomic E-state index is -0.780. The largest absolute Gasteiger partial charge is 0.346 e. The van der Waals surface area contributed by atoms with Crippen LogP contribution in [0, 0.1) is 20.2 Å². The molecule has 0 unspecified atom stereocenters. The van der Waals surface area contributed by atoms with E-state index in [1.165, 1.54) is 12.1 Å². The fourth-order valence-electron chi connectivity index (χ4n) is 0.773. The maximum Gasteiger partial charge on any atom is 0.346 e. The third kappa shape index (κ3) is 2.22. The molecule has 13 heavy (non-hydrogen) atoms. The lowest BCUT2D eigenvalue weighted by atomic mass is 10.3. The van der Waals surface area contributed by atoms with Gasteiger partial charge in [0.2, 0.25) is 0 Å². The normalized spacial score (nSPS) is 8.62. The summed E-state index contributed by atoms with van der Waals surface area (Å²) < 4.78 is 0. The Bertz CT molecular complexity index is 304. The van der Waals surface area contributed by atoms with Gasteiger partial charge in [-0.15, -0.1) is 0 Å². The SMILES string of the molecule is C.O=[N+]([O-])c1ccccc1[N+](=O)[O-]. The molecule has 0 aliphatic carbocycles. The van der Waals surface area contributed by atoms with Gasteiger partial charge in [0.1, 0.15) is 0 Å². The van der Waals surface area contributed by atoms with Gasteiger partial charge < -0.3 is 0 Å². The van der Waals surface area contributed by atoms with Gasteiger partial charge in [-0.2, -0.15) is 0 Å². The van der Waals surface area contributed by atoms with E-state index in [1.807, 2.05) is 0 Å². The molecular formula is C7H8N2O4. The second kappa shape index (κ2) is 4.15. The Hall–Kier alpha value is -1.98. The lowest BCUT2D eigenvalue weighted by molar-refractivity contribution is -0.422. The molecule has 70 valence electrons.